The maximum absolute atomic E-state index is 12.4. The highest BCUT2D eigenvalue weighted by Crippen LogP contribution is 2.45. The number of nitrogens with one attached hydrogen (secondary N) is 1. The number of ether oxygens (including phenoxy) is 1. The van der Waals surface area contributed by atoms with Crippen LogP contribution in [-0.4, -0.2) is 25.5 Å². The summed E-state index contributed by atoms with van der Waals surface area (Å²) in [5.41, 5.74) is 1.67. The van der Waals surface area contributed by atoms with Crippen LogP contribution >= 0.6 is 0 Å². The number of aryl methyl sites for hydroxylation is 1. The highest BCUT2D eigenvalue weighted by atomic mass is 16.5. The van der Waals surface area contributed by atoms with E-state index in [1.807, 2.05) is 38.1 Å². The number of methoxy groups -OCH3 is 1. The van der Waals surface area contributed by atoms with Crippen LogP contribution < -0.4 is 5.32 Å². The average Bonchev–Trinajstić information content (AvgIpc) is 2.37. The Bertz CT molecular complexity index is 526. The van der Waals surface area contributed by atoms with E-state index in [2.05, 4.69) is 5.32 Å². The van der Waals surface area contributed by atoms with Crippen molar-refractivity contribution >= 4 is 11.8 Å². The van der Waals surface area contributed by atoms with Crippen LogP contribution in [0.3, 0.4) is 0 Å². The second-order valence-electron chi connectivity index (χ2n) is 5.78. The van der Waals surface area contributed by atoms with Crippen molar-refractivity contribution in [3.8, 4) is 0 Å². The van der Waals surface area contributed by atoms with Gasteiger partial charge in [-0.15, -0.1) is 0 Å². The van der Waals surface area contributed by atoms with E-state index < -0.39 is 5.41 Å². The fourth-order valence-corrected chi connectivity index (χ4v) is 3.03. The Morgan fingerprint density at radius 2 is 2.05 bits per heavy atom. The number of rotatable bonds is 4. The number of carbonyl (C=O) groups excluding carboxylic acids is 2. The van der Waals surface area contributed by atoms with E-state index in [0.29, 0.717) is 19.4 Å². The Morgan fingerprint density at radius 3 is 2.70 bits per heavy atom. The molecule has 108 valence electrons. The Hall–Kier alpha value is -1.68. The minimum Gasteiger partial charge on any atom is -0.385 e. The molecule has 1 aliphatic heterocycles. The Labute approximate surface area is 119 Å². The molecule has 0 spiro atoms. The molecular formula is C16H21NO3. The zero-order chi connectivity index (χ0) is 14.8. The normalized spacial score (nSPS) is 26.4. The van der Waals surface area contributed by atoms with E-state index in [4.69, 9.17) is 4.74 Å². The van der Waals surface area contributed by atoms with Gasteiger partial charge in [0.15, 0.2) is 0 Å². The van der Waals surface area contributed by atoms with Crippen molar-refractivity contribution in [2.45, 2.75) is 32.6 Å². The van der Waals surface area contributed by atoms with Gasteiger partial charge in [-0.25, -0.2) is 0 Å². The topological polar surface area (TPSA) is 55.4 Å². The lowest BCUT2D eigenvalue weighted by Crippen LogP contribution is -2.50. The fourth-order valence-electron chi connectivity index (χ4n) is 3.03. The maximum Gasteiger partial charge on any atom is 0.234 e. The second kappa shape index (κ2) is 5.75. The van der Waals surface area contributed by atoms with Crippen LogP contribution in [0.2, 0.25) is 0 Å². The molecular weight excluding hydrogens is 254 g/mol. The number of benzene rings is 1. The van der Waals surface area contributed by atoms with Crippen LogP contribution in [-0.2, 0) is 14.3 Å². The van der Waals surface area contributed by atoms with Gasteiger partial charge in [-0.05, 0) is 29.9 Å². The number of imide groups is 1. The monoisotopic (exact) mass is 275 g/mol. The van der Waals surface area contributed by atoms with E-state index in [1.54, 1.807) is 7.11 Å². The molecule has 1 N–H and O–H groups in total. The summed E-state index contributed by atoms with van der Waals surface area (Å²) in [4.78, 5) is 24.1. The van der Waals surface area contributed by atoms with Gasteiger partial charge in [-0.2, -0.15) is 0 Å². The summed E-state index contributed by atoms with van der Waals surface area (Å²) in [6.45, 7) is 4.54. The van der Waals surface area contributed by atoms with Crippen molar-refractivity contribution in [1.82, 2.24) is 5.32 Å². The number of amides is 2. The fraction of sp³-hybridized carbons (Fsp3) is 0.500. The lowest BCUT2D eigenvalue weighted by atomic mass is 9.66. The summed E-state index contributed by atoms with van der Waals surface area (Å²) in [7, 11) is 1.64. The Balaban J connectivity index is 2.42. The molecule has 4 heteroatoms. The van der Waals surface area contributed by atoms with E-state index in [9.17, 15) is 9.59 Å². The van der Waals surface area contributed by atoms with Crippen molar-refractivity contribution in [3.05, 3.63) is 35.4 Å². The third-order valence-electron chi connectivity index (χ3n) is 4.16. The average molecular weight is 275 g/mol. The lowest BCUT2D eigenvalue weighted by Gasteiger charge is -2.40. The van der Waals surface area contributed by atoms with Crippen LogP contribution in [0.15, 0.2) is 24.3 Å². The van der Waals surface area contributed by atoms with Crippen LogP contribution in [0.5, 0.6) is 0 Å². The predicted octanol–water partition coefficient (Wildman–Crippen LogP) is 2.17. The van der Waals surface area contributed by atoms with Gasteiger partial charge in [0.2, 0.25) is 11.8 Å². The van der Waals surface area contributed by atoms with Gasteiger partial charge in [-0.1, -0.05) is 31.2 Å². The van der Waals surface area contributed by atoms with Crippen molar-refractivity contribution < 1.29 is 14.3 Å². The van der Waals surface area contributed by atoms with E-state index in [-0.39, 0.29) is 17.7 Å². The van der Waals surface area contributed by atoms with Gasteiger partial charge in [0.25, 0.3) is 0 Å². The summed E-state index contributed by atoms with van der Waals surface area (Å²) >= 11 is 0. The molecule has 2 rings (SSSR count). The zero-order valence-electron chi connectivity index (χ0n) is 12.2. The molecule has 1 aromatic carbocycles. The summed E-state index contributed by atoms with van der Waals surface area (Å²) in [6, 6.07) is 7.86. The summed E-state index contributed by atoms with van der Waals surface area (Å²) in [5, 5.41) is 2.47. The number of hydrogen-bond donors (Lipinski definition) is 1. The third-order valence-corrected chi connectivity index (χ3v) is 4.16. The van der Waals surface area contributed by atoms with Gasteiger partial charge in [0.05, 0.1) is 5.92 Å². The summed E-state index contributed by atoms with van der Waals surface area (Å²) in [5.74, 6) is -0.704. The highest BCUT2D eigenvalue weighted by Gasteiger charge is 2.46. The lowest BCUT2D eigenvalue weighted by molar-refractivity contribution is -0.140. The van der Waals surface area contributed by atoms with Gasteiger partial charge in [0.1, 0.15) is 0 Å². The van der Waals surface area contributed by atoms with Crippen molar-refractivity contribution in [1.29, 1.82) is 0 Å². The minimum atomic E-state index is -0.401. The summed E-state index contributed by atoms with van der Waals surface area (Å²) < 4.78 is 5.15. The smallest absolute Gasteiger partial charge is 0.234 e. The molecule has 1 aromatic rings. The largest absolute Gasteiger partial charge is 0.385 e. The minimum absolute atomic E-state index is 0.196. The second-order valence-corrected chi connectivity index (χ2v) is 5.78. The molecule has 4 nitrogen and oxygen atoms in total. The van der Waals surface area contributed by atoms with E-state index in [0.717, 1.165) is 11.1 Å². The molecule has 1 aliphatic rings. The molecule has 2 atom stereocenters. The van der Waals surface area contributed by atoms with Gasteiger partial charge >= 0.3 is 0 Å². The maximum atomic E-state index is 12.4. The zero-order valence-corrected chi connectivity index (χ0v) is 12.2. The molecule has 0 aliphatic carbocycles. The third kappa shape index (κ3) is 2.75. The highest BCUT2D eigenvalue weighted by molar-refractivity contribution is 6.02. The predicted molar refractivity (Wildman–Crippen MR) is 76.3 cm³/mol. The SMILES string of the molecule is COCCC1(C)CC(=O)NC(=O)C1c1ccccc1C. The molecule has 1 heterocycles. The van der Waals surface area contributed by atoms with Crippen molar-refractivity contribution in [2.24, 2.45) is 5.41 Å². The molecule has 1 saturated heterocycles. The first-order valence-corrected chi connectivity index (χ1v) is 6.86. The summed E-state index contributed by atoms with van der Waals surface area (Å²) in [6.07, 6.45) is 1.03. The molecule has 2 amide bonds. The van der Waals surface area contributed by atoms with Crippen LogP contribution in [0.4, 0.5) is 0 Å². The first-order chi connectivity index (χ1) is 9.48. The molecule has 0 bridgehead atoms. The van der Waals surface area contributed by atoms with Gasteiger partial charge in [-0.3, -0.25) is 14.9 Å². The van der Waals surface area contributed by atoms with E-state index >= 15 is 0 Å². The first-order valence-electron chi connectivity index (χ1n) is 6.86. The van der Waals surface area contributed by atoms with Crippen molar-refractivity contribution in [2.75, 3.05) is 13.7 Å². The van der Waals surface area contributed by atoms with Crippen LogP contribution in [0.25, 0.3) is 0 Å². The van der Waals surface area contributed by atoms with Crippen LogP contribution in [0, 0.1) is 12.3 Å². The van der Waals surface area contributed by atoms with Crippen LogP contribution in [0.1, 0.15) is 36.8 Å². The molecule has 20 heavy (non-hydrogen) atoms. The number of piperidine rings is 1. The Kier molecular flexibility index (Phi) is 4.23. The first kappa shape index (κ1) is 14.7. The Morgan fingerprint density at radius 1 is 1.35 bits per heavy atom. The molecule has 1 fully saturated rings. The number of carbonyl (C=O) groups is 2. The van der Waals surface area contributed by atoms with E-state index in [1.165, 1.54) is 0 Å². The van der Waals surface area contributed by atoms with Gasteiger partial charge < -0.3 is 4.74 Å². The molecule has 0 saturated carbocycles. The number of hydrogen-bond acceptors (Lipinski definition) is 3. The standard InChI is InChI=1S/C16H21NO3/c1-11-6-4-5-7-12(11)14-15(19)17-13(18)10-16(14,2)8-9-20-3/h4-7,14H,8-10H2,1-3H3,(H,17,18,19). The molecule has 2 unspecified atom stereocenters. The molecule has 0 aromatic heterocycles. The van der Waals surface area contributed by atoms with Gasteiger partial charge in [0, 0.05) is 20.1 Å². The quantitative estimate of drug-likeness (QED) is 0.857. The van der Waals surface area contributed by atoms with Crippen molar-refractivity contribution in [3.63, 3.8) is 0 Å². The molecule has 0 radical (unpaired) electrons.